The third-order valence-electron chi connectivity index (χ3n) is 2.48. The number of nitrogens with zero attached hydrogens (tertiary/aromatic N) is 2. The molecule has 84 valence electrons. The molecule has 1 unspecified atom stereocenters. The van der Waals surface area contributed by atoms with Crippen LogP contribution in [0.2, 0.25) is 0 Å². The second-order valence-electron chi connectivity index (χ2n) is 3.87. The summed E-state index contributed by atoms with van der Waals surface area (Å²) in [7, 11) is 0. The van der Waals surface area contributed by atoms with Gasteiger partial charge in [-0.15, -0.1) is 0 Å². The van der Waals surface area contributed by atoms with Gasteiger partial charge >= 0.3 is 0 Å². The third-order valence-corrected chi connectivity index (χ3v) is 2.48. The lowest BCUT2D eigenvalue weighted by atomic mass is 10.1. The van der Waals surface area contributed by atoms with Gasteiger partial charge in [0.15, 0.2) is 0 Å². The Hall–Kier alpha value is -1.12. The standard InChI is InChI=1S/C12H21N3/c1-3-5-7-11(6-4-2)15-12-8-9-13-10-14-12/h8-11H,3-7H2,1-2H3,(H,13,14,15). The van der Waals surface area contributed by atoms with Crippen LogP contribution >= 0.6 is 0 Å². The van der Waals surface area contributed by atoms with Crippen LogP contribution in [0, 0.1) is 0 Å². The number of anilines is 1. The summed E-state index contributed by atoms with van der Waals surface area (Å²) >= 11 is 0. The minimum Gasteiger partial charge on any atom is -0.367 e. The largest absolute Gasteiger partial charge is 0.367 e. The Morgan fingerprint density at radius 1 is 1.27 bits per heavy atom. The van der Waals surface area contributed by atoms with Gasteiger partial charge in [0.05, 0.1) is 0 Å². The van der Waals surface area contributed by atoms with E-state index in [1.165, 1.54) is 32.1 Å². The molecule has 1 heterocycles. The van der Waals surface area contributed by atoms with Crippen molar-refractivity contribution < 1.29 is 0 Å². The van der Waals surface area contributed by atoms with Crippen molar-refractivity contribution in [2.75, 3.05) is 5.32 Å². The van der Waals surface area contributed by atoms with Crippen molar-refractivity contribution in [3.05, 3.63) is 18.6 Å². The molecule has 0 radical (unpaired) electrons. The monoisotopic (exact) mass is 207 g/mol. The molecule has 0 aliphatic carbocycles. The highest BCUT2D eigenvalue weighted by molar-refractivity contribution is 5.32. The summed E-state index contributed by atoms with van der Waals surface area (Å²) in [6.07, 6.45) is 9.56. The Bertz CT molecular complexity index is 248. The van der Waals surface area contributed by atoms with Gasteiger partial charge in [-0.2, -0.15) is 0 Å². The molecule has 1 atom stereocenters. The smallest absolute Gasteiger partial charge is 0.129 e. The summed E-state index contributed by atoms with van der Waals surface area (Å²) in [5, 5.41) is 3.46. The molecule has 3 nitrogen and oxygen atoms in total. The van der Waals surface area contributed by atoms with E-state index in [0.29, 0.717) is 6.04 Å². The maximum atomic E-state index is 4.19. The molecule has 0 bridgehead atoms. The second-order valence-corrected chi connectivity index (χ2v) is 3.87. The van der Waals surface area contributed by atoms with Crippen LogP contribution in [-0.4, -0.2) is 16.0 Å². The number of nitrogens with one attached hydrogen (secondary N) is 1. The summed E-state index contributed by atoms with van der Waals surface area (Å²) in [5.41, 5.74) is 0. The first kappa shape index (κ1) is 12.0. The molecule has 0 saturated carbocycles. The van der Waals surface area contributed by atoms with E-state index in [0.717, 1.165) is 5.82 Å². The molecule has 0 fully saturated rings. The molecule has 0 saturated heterocycles. The van der Waals surface area contributed by atoms with Crippen molar-refractivity contribution in [1.82, 2.24) is 9.97 Å². The lowest BCUT2D eigenvalue weighted by molar-refractivity contribution is 0.563. The molecular formula is C12H21N3. The van der Waals surface area contributed by atoms with Crippen LogP contribution in [0.25, 0.3) is 0 Å². The van der Waals surface area contributed by atoms with Gasteiger partial charge in [0, 0.05) is 12.2 Å². The molecule has 0 amide bonds. The Balaban J connectivity index is 2.43. The van der Waals surface area contributed by atoms with Crippen LogP contribution in [0.5, 0.6) is 0 Å². The first-order valence-corrected chi connectivity index (χ1v) is 5.89. The predicted molar refractivity (Wildman–Crippen MR) is 63.9 cm³/mol. The average Bonchev–Trinajstić information content (AvgIpc) is 2.28. The van der Waals surface area contributed by atoms with Gasteiger partial charge in [-0.1, -0.05) is 33.1 Å². The number of unbranched alkanes of at least 4 members (excludes halogenated alkanes) is 1. The molecule has 1 aromatic rings. The molecule has 1 N–H and O–H groups in total. The number of hydrogen-bond acceptors (Lipinski definition) is 3. The Kier molecular flexibility index (Phi) is 5.74. The average molecular weight is 207 g/mol. The van der Waals surface area contributed by atoms with E-state index < -0.39 is 0 Å². The first-order chi connectivity index (χ1) is 7.36. The molecule has 15 heavy (non-hydrogen) atoms. The van der Waals surface area contributed by atoms with E-state index in [9.17, 15) is 0 Å². The summed E-state index contributed by atoms with van der Waals surface area (Å²) in [4.78, 5) is 8.10. The fraction of sp³-hybridized carbons (Fsp3) is 0.667. The molecule has 0 spiro atoms. The van der Waals surface area contributed by atoms with E-state index >= 15 is 0 Å². The highest BCUT2D eigenvalue weighted by Gasteiger charge is 2.06. The van der Waals surface area contributed by atoms with Crippen molar-refractivity contribution in [1.29, 1.82) is 0 Å². The summed E-state index contributed by atoms with van der Waals surface area (Å²) < 4.78 is 0. The molecule has 1 rings (SSSR count). The first-order valence-electron chi connectivity index (χ1n) is 5.89. The number of hydrogen-bond donors (Lipinski definition) is 1. The normalized spacial score (nSPS) is 12.4. The van der Waals surface area contributed by atoms with Crippen molar-refractivity contribution in [3.8, 4) is 0 Å². The lowest BCUT2D eigenvalue weighted by Crippen LogP contribution is -2.19. The third kappa shape index (κ3) is 4.77. The van der Waals surface area contributed by atoms with Crippen molar-refractivity contribution in [2.45, 2.75) is 52.0 Å². The van der Waals surface area contributed by atoms with Crippen molar-refractivity contribution in [2.24, 2.45) is 0 Å². The fourth-order valence-electron chi connectivity index (χ4n) is 1.67. The van der Waals surface area contributed by atoms with Crippen molar-refractivity contribution in [3.63, 3.8) is 0 Å². The Labute approximate surface area is 92.3 Å². The van der Waals surface area contributed by atoms with E-state index in [-0.39, 0.29) is 0 Å². The quantitative estimate of drug-likeness (QED) is 0.745. The van der Waals surface area contributed by atoms with E-state index in [2.05, 4.69) is 29.1 Å². The lowest BCUT2D eigenvalue weighted by Gasteiger charge is -2.18. The van der Waals surface area contributed by atoms with Crippen LogP contribution in [-0.2, 0) is 0 Å². The zero-order valence-electron chi connectivity index (χ0n) is 9.74. The van der Waals surface area contributed by atoms with Crippen LogP contribution < -0.4 is 5.32 Å². The van der Waals surface area contributed by atoms with Gasteiger partial charge in [0.1, 0.15) is 12.1 Å². The molecule has 1 aromatic heterocycles. The van der Waals surface area contributed by atoms with E-state index in [1.807, 2.05) is 6.07 Å². The summed E-state index contributed by atoms with van der Waals surface area (Å²) in [6, 6.07) is 2.49. The number of aromatic nitrogens is 2. The molecule has 0 aliphatic heterocycles. The van der Waals surface area contributed by atoms with Gasteiger partial charge in [-0.05, 0) is 18.9 Å². The topological polar surface area (TPSA) is 37.8 Å². The Morgan fingerprint density at radius 2 is 2.13 bits per heavy atom. The second kappa shape index (κ2) is 7.21. The van der Waals surface area contributed by atoms with Gasteiger partial charge in [0.25, 0.3) is 0 Å². The van der Waals surface area contributed by atoms with Crippen molar-refractivity contribution >= 4 is 5.82 Å². The highest BCUT2D eigenvalue weighted by Crippen LogP contribution is 2.12. The molecular weight excluding hydrogens is 186 g/mol. The predicted octanol–water partition coefficient (Wildman–Crippen LogP) is 3.25. The SMILES string of the molecule is CCCCC(CCC)Nc1ccncn1. The zero-order valence-corrected chi connectivity index (χ0v) is 9.74. The summed E-state index contributed by atoms with van der Waals surface area (Å²) in [5.74, 6) is 0.944. The molecule has 0 aromatic carbocycles. The molecule has 3 heteroatoms. The van der Waals surface area contributed by atoms with E-state index in [4.69, 9.17) is 0 Å². The van der Waals surface area contributed by atoms with Gasteiger partial charge < -0.3 is 5.32 Å². The Morgan fingerprint density at radius 3 is 2.73 bits per heavy atom. The van der Waals surface area contributed by atoms with Crippen LogP contribution in [0.4, 0.5) is 5.82 Å². The van der Waals surface area contributed by atoms with E-state index in [1.54, 1.807) is 12.5 Å². The summed E-state index contributed by atoms with van der Waals surface area (Å²) in [6.45, 7) is 4.45. The van der Waals surface area contributed by atoms with Crippen LogP contribution in [0.15, 0.2) is 18.6 Å². The van der Waals surface area contributed by atoms with Crippen LogP contribution in [0.1, 0.15) is 46.0 Å². The minimum absolute atomic E-state index is 0.560. The highest BCUT2D eigenvalue weighted by atomic mass is 15.0. The minimum atomic E-state index is 0.560. The fourth-order valence-corrected chi connectivity index (χ4v) is 1.67. The number of rotatable bonds is 7. The van der Waals surface area contributed by atoms with Gasteiger partial charge in [0.2, 0.25) is 0 Å². The van der Waals surface area contributed by atoms with Gasteiger partial charge in [-0.3, -0.25) is 0 Å². The maximum absolute atomic E-state index is 4.19. The van der Waals surface area contributed by atoms with Crippen LogP contribution in [0.3, 0.4) is 0 Å². The molecule has 0 aliphatic rings. The maximum Gasteiger partial charge on any atom is 0.129 e. The van der Waals surface area contributed by atoms with Gasteiger partial charge in [-0.25, -0.2) is 9.97 Å². The zero-order chi connectivity index (χ0) is 10.9.